The normalized spacial score (nSPS) is 11.2. The fourth-order valence-electron chi connectivity index (χ4n) is 2.56. The van der Waals surface area contributed by atoms with Gasteiger partial charge in [-0.2, -0.15) is 0 Å². The molecule has 3 amide bonds. The van der Waals surface area contributed by atoms with Gasteiger partial charge in [-0.1, -0.05) is 25.1 Å². The first-order valence-electron chi connectivity index (χ1n) is 8.98. The van der Waals surface area contributed by atoms with E-state index in [9.17, 15) is 14.4 Å². The Labute approximate surface area is 166 Å². The number of rotatable bonds is 7. The number of carbonyl (C=O) groups excluding carboxylic acids is 2. The number of amides is 3. The second-order valence-electron chi connectivity index (χ2n) is 6.57. The molecule has 2 aromatic rings. The zero-order valence-electron chi connectivity index (χ0n) is 16.3. The Bertz CT molecular complexity index is 902. The van der Waals surface area contributed by atoms with E-state index < -0.39 is 11.9 Å². The third-order valence-corrected chi connectivity index (χ3v) is 6.17. The first kappa shape index (κ1) is 21.4. The maximum atomic E-state index is 12.9. The Morgan fingerprint density at radius 3 is 2.63 bits per heavy atom. The summed E-state index contributed by atoms with van der Waals surface area (Å²) in [5.41, 5.74) is 0.872. The molecule has 7 nitrogen and oxygen atoms in total. The molecule has 0 aromatic carbocycles. The highest BCUT2D eigenvalue weighted by atomic mass is 32.2. The zero-order chi connectivity index (χ0) is 20.1. The number of thioether (sulfide) groups is 1. The largest absolute Gasteiger partial charge is 0.338 e. The minimum atomic E-state index is -0.497. The van der Waals surface area contributed by atoms with Crippen molar-refractivity contribution in [3.63, 3.8) is 0 Å². The van der Waals surface area contributed by atoms with Crippen molar-refractivity contribution < 1.29 is 9.59 Å². The standard InChI is InChI=1S/C18H26N4O3S2/c1-6-7-8-19-17(25)20-13(23)9-26-18-21-15-14(11(4)12(5)27-15)16(24)22(18)10(2)3/h10H,6-9H2,1-5H3,(H2,19,20,23,25). The Morgan fingerprint density at radius 2 is 2.00 bits per heavy atom. The molecule has 0 atom stereocenters. The molecule has 148 valence electrons. The average molecular weight is 411 g/mol. The van der Waals surface area contributed by atoms with Gasteiger partial charge in [0.15, 0.2) is 5.16 Å². The molecule has 2 N–H and O–H groups in total. The van der Waals surface area contributed by atoms with Gasteiger partial charge in [0.05, 0.1) is 11.1 Å². The van der Waals surface area contributed by atoms with E-state index in [0.717, 1.165) is 35.0 Å². The fourth-order valence-corrected chi connectivity index (χ4v) is 4.56. The van der Waals surface area contributed by atoms with Gasteiger partial charge in [-0.15, -0.1) is 11.3 Å². The average Bonchev–Trinajstić information content (AvgIpc) is 2.87. The molecule has 2 rings (SSSR count). The minimum absolute atomic E-state index is 0.00913. The molecule has 0 saturated carbocycles. The summed E-state index contributed by atoms with van der Waals surface area (Å²) >= 11 is 2.65. The summed E-state index contributed by atoms with van der Waals surface area (Å²) < 4.78 is 1.61. The number of fused-ring (bicyclic) bond motifs is 1. The second kappa shape index (κ2) is 9.36. The van der Waals surface area contributed by atoms with Crippen LogP contribution in [0.15, 0.2) is 9.95 Å². The lowest BCUT2D eigenvalue weighted by Gasteiger charge is -2.15. The third-order valence-electron chi connectivity index (χ3n) is 4.12. The van der Waals surface area contributed by atoms with Gasteiger partial charge in [0.25, 0.3) is 5.56 Å². The van der Waals surface area contributed by atoms with Gasteiger partial charge < -0.3 is 5.32 Å². The number of urea groups is 1. The van der Waals surface area contributed by atoms with E-state index in [-0.39, 0.29) is 17.4 Å². The van der Waals surface area contributed by atoms with Crippen LogP contribution >= 0.6 is 23.1 Å². The maximum Gasteiger partial charge on any atom is 0.321 e. The van der Waals surface area contributed by atoms with E-state index in [1.807, 2.05) is 34.6 Å². The van der Waals surface area contributed by atoms with Gasteiger partial charge in [-0.05, 0) is 39.7 Å². The van der Waals surface area contributed by atoms with Crippen LogP contribution in [0, 0.1) is 13.8 Å². The van der Waals surface area contributed by atoms with Crippen LogP contribution in [-0.2, 0) is 4.79 Å². The first-order chi connectivity index (χ1) is 12.8. The van der Waals surface area contributed by atoms with Crippen LogP contribution in [-0.4, -0.2) is 33.8 Å². The smallest absolute Gasteiger partial charge is 0.321 e. The van der Waals surface area contributed by atoms with E-state index >= 15 is 0 Å². The van der Waals surface area contributed by atoms with Crippen LogP contribution in [0.1, 0.15) is 50.1 Å². The van der Waals surface area contributed by atoms with Gasteiger partial charge in [0, 0.05) is 17.5 Å². The quantitative estimate of drug-likeness (QED) is 0.415. The van der Waals surface area contributed by atoms with Crippen molar-refractivity contribution in [2.24, 2.45) is 0 Å². The second-order valence-corrected chi connectivity index (χ2v) is 8.72. The Balaban J connectivity index is 2.16. The number of aromatic nitrogens is 2. The van der Waals surface area contributed by atoms with Crippen LogP contribution < -0.4 is 16.2 Å². The van der Waals surface area contributed by atoms with Crippen LogP contribution in [0.25, 0.3) is 10.2 Å². The summed E-state index contributed by atoms with van der Waals surface area (Å²) in [6.45, 7) is 10.3. The minimum Gasteiger partial charge on any atom is -0.338 e. The Hall–Kier alpha value is -1.87. The molecule has 27 heavy (non-hydrogen) atoms. The predicted molar refractivity (Wildman–Crippen MR) is 111 cm³/mol. The number of unbranched alkanes of at least 4 members (excludes halogenated alkanes) is 1. The van der Waals surface area contributed by atoms with Gasteiger partial charge in [0.2, 0.25) is 5.91 Å². The number of carbonyl (C=O) groups is 2. The van der Waals surface area contributed by atoms with Crippen molar-refractivity contribution in [3.05, 3.63) is 20.8 Å². The highest BCUT2D eigenvalue weighted by Gasteiger charge is 2.19. The number of nitrogens with one attached hydrogen (secondary N) is 2. The predicted octanol–water partition coefficient (Wildman–Crippen LogP) is 3.37. The van der Waals surface area contributed by atoms with Gasteiger partial charge >= 0.3 is 6.03 Å². The zero-order valence-corrected chi connectivity index (χ0v) is 18.0. The van der Waals surface area contributed by atoms with E-state index in [0.29, 0.717) is 21.9 Å². The maximum absolute atomic E-state index is 12.9. The number of aryl methyl sites for hydroxylation is 2. The van der Waals surface area contributed by atoms with Crippen molar-refractivity contribution in [3.8, 4) is 0 Å². The van der Waals surface area contributed by atoms with Gasteiger partial charge in [0.1, 0.15) is 4.83 Å². The highest BCUT2D eigenvalue weighted by Crippen LogP contribution is 2.29. The van der Waals surface area contributed by atoms with Crippen LogP contribution in [0.2, 0.25) is 0 Å². The number of nitrogens with zero attached hydrogens (tertiary/aromatic N) is 2. The molecule has 0 aliphatic carbocycles. The fraction of sp³-hybridized carbons (Fsp3) is 0.556. The highest BCUT2D eigenvalue weighted by molar-refractivity contribution is 7.99. The third kappa shape index (κ3) is 5.10. The van der Waals surface area contributed by atoms with E-state index in [4.69, 9.17) is 0 Å². The molecular weight excluding hydrogens is 384 g/mol. The van der Waals surface area contributed by atoms with E-state index in [2.05, 4.69) is 15.6 Å². The molecule has 0 fully saturated rings. The summed E-state index contributed by atoms with van der Waals surface area (Å²) in [5, 5.41) is 6.08. The summed E-state index contributed by atoms with van der Waals surface area (Å²) in [5.74, 6) is -0.410. The molecular formula is C18H26N4O3S2. The molecule has 0 unspecified atom stereocenters. The summed E-state index contributed by atoms with van der Waals surface area (Å²) in [6.07, 6.45) is 1.83. The molecule has 0 saturated heterocycles. The lowest BCUT2D eigenvalue weighted by molar-refractivity contribution is -0.117. The van der Waals surface area contributed by atoms with Crippen molar-refractivity contribution in [2.45, 2.75) is 58.7 Å². The Kier molecular flexibility index (Phi) is 7.43. The first-order valence-corrected chi connectivity index (χ1v) is 10.8. The number of imide groups is 1. The molecule has 0 aliphatic rings. The lowest BCUT2D eigenvalue weighted by Crippen LogP contribution is -2.40. The van der Waals surface area contributed by atoms with Crippen molar-refractivity contribution in [1.29, 1.82) is 0 Å². The molecule has 0 spiro atoms. The Morgan fingerprint density at radius 1 is 1.30 bits per heavy atom. The number of hydrogen-bond acceptors (Lipinski definition) is 6. The number of hydrogen-bond donors (Lipinski definition) is 2. The van der Waals surface area contributed by atoms with Crippen molar-refractivity contribution in [2.75, 3.05) is 12.3 Å². The van der Waals surface area contributed by atoms with Crippen LogP contribution in [0.4, 0.5) is 4.79 Å². The molecule has 0 bridgehead atoms. The summed E-state index contributed by atoms with van der Waals surface area (Å²) in [7, 11) is 0. The molecule has 0 aliphatic heterocycles. The van der Waals surface area contributed by atoms with Crippen LogP contribution in [0.5, 0.6) is 0 Å². The monoisotopic (exact) mass is 410 g/mol. The lowest BCUT2D eigenvalue weighted by atomic mass is 10.2. The van der Waals surface area contributed by atoms with Crippen LogP contribution in [0.3, 0.4) is 0 Å². The van der Waals surface area contributed by atoms with Crippen molar-refractivity contribution in [1.82, 2.24) is 20.2 Å². The topological polar surface area (TPSA) is 93.1 Å². The number of thiophene rings is 1. The van der Waals surface area contributed by atoms with E-state index in [1.54, 1.807) is 4.57 Å². The van der Waals surface area contributed by atoms with E-state index in [1.165, 1.54) is 11.3 Å². The molecule has 2 heterocycles. The molecule has 9 heteroatoms. The van der Waals surface area contributed by atoms with Gasteiger partial charge in [-0.3, -0.25) is 19.5 Å². The van der Waals surface area contributed by atoms with Gasteiger partial charge in [-0.25, -0.2) is 9.78 Å². The summed E-state index contributed by atoms with van der Waals surface area (Å²) in [4.78, 5) is 43.0. The SMILES string of the molecule is CCCCNC(=O)NC(=O)CSc1nc2sc(C)c(C)c2c(=O)n1C(C)C. The summed E-state index contributed by atoms with van der Waals surface area (Å²) in [6, 6.07) is -0.583. The molecule has 0 radical (unpaired) electrons. The molecule has 2 aromatic heterocycles. The van der Waals surface area contributed by atoms with Crippen molar-refractivity contribution >= 4 is 45.3 Å².